The number of carbonyl (C=O) groups is 1. The lowest BCUT2D eigenvalue weighted by Gasteiger charge is -2.22. The van der Waals surface area contributed by atoms with Gasteiger partial charge in [0.1, 0.15) is 0 Å². The van der Waals surface area contributed by atoms with Gasteiger partial charge in [0.15, 0.2) is 0 Å². The van der Waals surface area contributed by atoms with Crippen LogP contribution in [0.3, 0.4) is 0 Å². The molecule has 0 bridgehead atoms. The molecule has 57 heavy (non-hydrogen) atoms. The molecule has 0 spiro atoms. The highest BCUT2D eigenvalue weighted by Gasteiger charge is 2.20. The maximum Gasteiger partial charge on any atom is 0.220 e. The van der Waals surface area contributed by atoms with Crippen LogP contribution < -0.4 is 5.32 Å². The standard InChI is InChI=1S/C53H105NO3/c1-3-5-7-9-11-13-15-17-19-21-23-24-25-26-27-28-29-30-31-32-34-36-38-40-42-44-46-48-52(56)51(50-55)54-53(57)49-47-45-43-41-39-37-35-33-22-20-18-16-14-12-10-8-6-4-2/h20,22,51-52,55-56H,3-19,21,23-50H2,1-2H3,(H,54,57)/b22-20-. The molecule has 0 rings (SSSR count). The molecule has 2 atom stereocenters. The van der Waals surface area contributed by atoms with Crippen molar-refractivity contribution >= 4 is 5.91 Å². The Balaban J connectivity index is 3.43. The van der Waals surface area contributed by atoms with Gasteiger partial charge >= 0.3 is 0 Å². The van der Waals surface area contributed by atoms with E-state index in [1.807, 2.05) is 0 Å². The zero-order valence-electron chi connectivity index (χ0n) is 39.1. The molecule has 4 nitrogen and oxygen atoms in total. The van der Waals surface area contributed by atoms with Crippen LogP contribution in [0.5, 0.6) is 0 Å². The van der Waals surface area contributed by atoms with Gasteiger partial charge in [0.25, 0.3) is 0 Å². The Morgan fingerprint density at radius 3 is 0.965 bits per heavy atom. The second kappa shape index (κ2) is 49.5. The highest BCUT2D eigenvalue weighted by atomic mass is 16.3. The summed E-state index contributed by atoms with van der Waals surface area (Å²) in [4.78, 5) is 12.4. The van der Waals surface area contributed by atoms with E-state index in [4.69, 9.17) is 0 Å². The minimum atomic E-state index is -0.659. The number of aliphatic hydroxyl groups excluding tert-OH is 2. The SMILES string of the molecule is CCCCCCCCC/C=C\CCCCCCCCCC(=O)NC(CO)C(O)CCCCCCCCCCCCCCCCCCCCCCCCCCCCC. The molecule has 0 aliphatic heterocycles. The van der Waals surface area contributed by atoms with Crippen LogP contribution in [0.1, 0.15) is 303 Å². The molecular formula is C53H105NO3. The molecule has 0 aromatic carbocycles. The first-order chi connectivity index (χ1) is 28.2. The third-order valence-electron chi connectivity index (χ3n) is 12.5. The van der Waals surface area contributed by atoms with E-state index in [0.29, 0.717) is 12.8 Å². The van der Waals surface area contributed by atoms with Gasteiger partial charge in [-0.15, -0.1) is 0 Å². The van der Waals surface area contributed by atoms with Crippen molar-refractivity contribution in [2.24, 2.45) is 0 Å². The average Bonchev–Trinajstić information content (AvgIpc) is 3.22. The highest BCUT2D eigenvalue weighted by Crippen LogP contribution is 2.17. The number of nitrogens with one attached hydrogen (secondary N) is 1. The van der Waals surface area contributed by atoms with E-state index in [0.717, 1.165) is 25.7 Å². The summed E-state index contributed by atoms with van der Waals surface area (Å²) >= 11 is 0. The predicted molar refractivity (Wildman–Crippen MR) is 253 cm³/mol. The summed E-state index contributed by atoms with van der Waals surface area (Å²) in [5.74, 6) is -0.0309. The second-order valence-electron chi connectivity index (χ2n) is 18.3. The molecule has 0 saturated heterocycles. The Kier molecular flexibility index (Phi) is 48.7. The maximum atomic E-state index is 12.4. The number of hydrogen-bond donors (Lipinski definition) is 3. The van der Waals surface area contributed by atoms with Gasteiger partial charge in [-0.05, 0) is 38.5 Å². The van der Waals surface area contributed by atoms with Gasteiger partial charge in [-0.25, -0.2) is 0 Å². The Labute approximate surface area is 358 Å². The minimum absolute atomic E-state index is 0.0309. The quantitative estimate of drug-likeness (QED) is 0.0424. The number of aliphatic hydroxyl groups is 2. The van der Waals surface area contributed by atoms with Crippen LogP contribution in [0.15, 0.2) is 12.2 Å². The topological polar surface area (TPSA) is 69.6 Å². The summed E-state index contributed by atoms with van der Waals surface area (Å²) in [5, 5.41) is 23.3. The van der Waals surface area contributed by atoms with Gasteiger partial charge in [-0.2, -0.15) is 0 Å². The van der Waals surface area contributed by atoms with Gasteiger partial charge in [0.2, 0.25) is 5.91 Å². The third kappa shape index (κ3) is 46.1. The van der Waals surface area contributed by atoms with Crippen LogP contribution in [0, 0.1) is 0 Å². The zero-order chi connectivity index (χ0) is 41.4. The van der Waals surface area contributed by atoms with Crippen molar-refractivity contribution in [3.63, 3.8) is 0 Å². The van der Waals surface area contributed by atoms with E-state index in [1.165, 1.54) is 250 Å². The number of allylic oxidation sites excluding steroid dienone is 2. The van der Waals surface area contributed by atoms with Crippen molar-refractivity contribution in [3.8, 4) is 0 Å². The lowest BCUT2D eigenvalue weighted by Crippen LogP contribution is -2.45. The molecule has 4 heteroatoms. The highest BCUT2D eigenvalue weighted by molar-refractivity contribution is 5.76. The summed E-state index contributed by atoms with van der Waals surface area (Å²) < 4.78 is 0. The van der Waals surface area contributed by atoms with Crippen LogP contribution in [0.25, 0.3) is 0 Å². The fourth-order valence-corrected chi connectivity index (χ4v) is 8.48. The maximum absolute atomic E-state index is 12.4. The number of amides is 1. The first-order valence-electron chi connectivity index (χ1n) is 26.4. The molecule has 0 heterocycles. The number of unbranched alkanes of at least 4 members (excludes halogenated alkanes) is 40. The molecule has 0 fully saturated rings. The third-order valence-corrected chi connectivity index (χ3v) is 12.5. The molecule has 3 N–H and O–H groups in total. The Morgan fingerprint density at radius 1 is 0.404 bits per heavy atom. The smallest absolute Gasteiger partial charge is 0.220 e. The molecule has 2 unspecified atom stereocenters. The second-order valence-corrected chi connectivity index (χ2v) is 18.3. The van der Waals surface area contributed by atoms with E-state index in [-0.39, 0.29) is 12.5 Å². The normalized spacial score (nSPS) is 12.8. The van der Waals surface area contributed by atoms with Crippen molar-refractivity contribution in [3.05, 3.63) is 12.2 Å². The molecule has 0 aliphatic rings. The molecule has 340 valence electrons. The molecular weight excluding hydrogens is 699 g/mol. The summed E-state index contributed by atoms with van der Waals surface area (Å²) in [7, 11) is 0. The monoisotopic (exact) mass is 804 g/mol. The zero-order valence-corrected chi connectivity index (χ0v) is 39.1. The van der Waals surface area contributed by atoms with Crippen molar-refractivity contribution in [2.75, 3.05) is 6.61 Å². The van der Waals surface area contributed by atoms with E-state index in [2.05, 4.69) is 31.3 Å². The van der Waals surface area contributed by atoms with Gasteiger partial charge in [0, 0.05) is 6.42 Å². The molecule has 0 saturated carbocycles. The van der Waals surface area contributed by atoms with Crippen LogP contribution in [-0.2, 0) is 4.79 Å². The summed E-state index contributed by atoms with van der Waals surface area (Å²) in [6, 6.07) is -0.536. The van der Waals surface area contributed by atoms with Crippen molar-refractivity contribution in [2.45, 2.75) is 315 Å². The molecule has 0 aliphatic carbocycles. The number of rotatable bonds is 49. The summed E-state index contributed by atoms with van der Waals surface area (Å²) in [6.45, 7) is 4.39. The van der Waals surface area contributed by atoms with E-state index < -0.39 is 12.1 Å². The molecule has 0 aromatic rings. The molecule has 0 aromatic heterocycles. The fourth-order valence-electron chi connectivity index (χ4n) is 8.48. The van der Waals surface area contributed by atoms with Crippen LogP contribution in [0.4, 0.5) is 0 Å². The first-order valence-corrected chi connectivity index (χ1v) is 26.4. The largest absolute Gasteiger partial charge is 0.394 e. The Bertz CT molecular complexity index is 784. The lowest BCUT2D eigenvalue weighted by molar-refractivity contribution is -0.123. The Morgan fingerprint density at radius 2 is 0.667 bits per heavy atom. The van der Waals surface area contributed by atoms with E-state index in [1.54, 1.807) is 0 Å². The first kappa shape index (κ1) is 56.1. The summed E-state index contributed by atoms with van der Waals surface area (Å²) in [5.41, 5.74) is 0. The van der Waals surface area contributed by atoms with Crippen molar-refractivity contribution in [1.29, 1.82) is 0 Å². The van der Waals surface area contributed by atoms with E-state index in [9.17, 15) is 15.0 Å². The van der Waals surface area contributed by atoms with Crippen molar-refractivity contribution < 1.29 is 15.0 Å². The van der Waals surface area contributed by atoms with Crippen LogP contribution >= 0.6 is 0 Å². The van der Waals surface area contributed by atoms with E-state index >= 15 is 0 Å². The Hall–Kier alpha value is -0.870. The van der Waals surface area contributed by atoms with Crippen LogP contribution in [-0.4, -0.2) is 34.9 Å². The number of carbonyl (C=O) groups excluding carboxylic acids is 1. The summed E-state index contributed by atoms with van der Waals surface area (Å²) in [6.07, 6.45) is 63.3. The fraction of sp³-hybridized carbons (Fsp3) is 0.943. The van der Waals surface area contributed by atoms with Crippen LogP contribution in [0.2, 0.25) is 0 Å². The van der Waals surface area contributed by atoms with Gasteiger partial charge in [-0.3, -0.25) is 4.79 Å². The minimum Gasteiger partial charge on any atom is -0.394 e. The lowest BCUT2D eigenvalue weighted by atomic mass is 10.0. The predicted octanol–water partition coefficient (Wildman–Crippen LogP) is 17.0. The number of hydrogen-bond acceptors (Lipinski definition) is 3. The average molecular weight is 804 g/mol. The van der Waals surface area contributed by atoms with Gasteiger partial charge in [0.05, 0.1) is 18.8 Å². The molecule has 1 amide bonds. The van der Waals surface area contributed by atoms with Gasteiger partial charge in [-0.1, -0.05) is 270 Å². The molecule has 0 radical (unpaired) electrons. The van der Waals surface area contributed by atoms with Crippen molar-refractivity contribution in [1.82, 2.24) is 5.32 Å². The van der Waals surface area contributed by atoms with Gasteiger partial charge < -0.3 is 15.5 Å².